The minimum Gasteiger partial charge on any atom is -0.507 e. The van der Waals surface area contributed by atoms with Gasteiger partial charge < -0.3 is 43.3 Å². The van der Waals surface area contributed by atoms with Crippen molar-refractivity contribution in [2.45, 2.75) is 163 Å². The van der Waals surface area contributed by atoms with E-state index in [2.05, 4.69) is 54.6 Å². The molecular formula is C59H81O12PSi2. The van der Waals surface area contributed by atoms with Crippen molar-refractivity contribution in [1.82, 2.24) is 0 Å². The van der Waals surface area contributed by atoms with Gasteiger partial charge in [0.2, 0.25) is 0 Å². The van der Waals surface area contributed by atoms with Crippen LogP contribution in [0.5, 0.6) is 11.5 Å². The van der Waals surface area contributed by atoms with E-state index in [1.165, 1.54) is 0 Å². The number of hydrogen-bond acceptors (Lipinski definition) is 12. The van der Waals surface area contributed by atoms with Gasteiger partial charge in [0, 0.05) is 49.7 Å². The molecule has 0 spiro atoms. The van der Waals surface area contributed by atoms with Crippen molar-refractivity contribution in [3.63, 3.8) is 0 Å². The van der Waals surface area contributed by atoms with Crippen LogP contribution in [0.4, 0.5) is 0 Å². The number of aryl methyl sites for hydroxylation is 3. The fourth-order valence-corrected chi connectivity index (χ4v) is 12.3. The summed E-state index contributed by atoms with van der Waals surface area (Å²) in [6.07, 6.45) is 5.15. The largest absolute Gasteiger partial charge is 0.507 e. The molecule has 74 heavy (non-hydrogen) atoms. The topological polar surface area (TPSA) is 178 Å². The molecule has 0 heterocycles. The van der Waals surface area contributed by atoms with Gasteiger partial charge in [-0.2, -0.15) is 0 Å². The van der Waals surface area contributed by atoms with Crippen molar-refractivity contribution in [2.24, 2.45) is 0 Å². The fraction of sp³-hybridized carbons (Fsp3) is 0.475. The molecule has 0 amide bonds. The van der Waals surface area contributed by atoms with Crippen LogP contribution in [0, 0.1) is 27.7 Å². The fourth-order valence-electron chi connectivity index (χ4n) is 9.33. The average Bonchev–Trinajstić information content (AvgIpc) is 3.31. The Morgan fingerprint density at radius 1 is 0.811 bits per heavy atom. The van der Waals surface area contributed by atoms with Gasteiger partial charge in [-0.1, -0.05) is 78.0 Å². The molecule has 0 fully saturated rings. The molecule has 4 aromatic rings. The van der Waals surface area contributed by atoms with Gasteiger partial charge in [0.15, 0.2) is 34.5 Å². The molecule has 2 aliphatic rings. The van der Waals surface area contributed by atoms with Crippen LogP contribution >= 0.6 is 8.75 Å². The molecule has 0 saturated carbocycles. The van der Waals surface area contributed by atoms with E-state index in [1.54, 1.807) is 39.8 Å². The lowest BCUT2D eigenvalue weighted by Crippen LogP contribution is -2.48. The Bertz CT molecular complexity index is 2870. The Morgan fingerprint density at radius 2 is 1.41 bits per heavy atom. The second-order valence-electron chi connectivity index (χ2n) is 22.5. The van der Waals surface area contributed by atoms with Gasteiger partial charge in [0.25, 0.3) is 0 Å². The molecule has 1 unspecified atom stereocenters. The monoisotopic (exact) mass is 1070 g/mol. The van der Waals surface area contributed by atoms with Crippen LogP contribution in [-0.2, 0) is 36.1 Å². The third-order valence-corrected chi connectivity index (χ3v) is 25.0. The number of Topliss-reactive ketones (excluding diaryl/α,β-unsaturated/α-hetero) is 1. The minimum atomic E-state index is -2.37. The first-order chi connectivity index (χ1) is 34.9. The zero-order chi connectivity index (χ0) is 56.3. The number of benzene rings is 4. The number of aldehydes is 1. The Hall–Kier alpha value is -4.61. The van der Waals surface area contributed by atoms with E-state index in [0.717, 1.165) is 45.8 Å². The Balaban J connectivity index is 0.000000283. The van der Waals surface area contributed by atoms with Gasteiger partial charge in [-0.05, 0) is 151 Å². The molecule has 12 nitrogen and oxygen atoms in total. The molecule has 0 radical (unpaired) electrons. The smallest absolute Gasteiger partial charge is 0.194 e. The molecule has 0 saturated heterocycles. The van der Waals surface area contributed by atoms with E-state index in [9.17, 15) is 34.8 Å². The molecule has 15 heteroatoms. The standard InChI is InChI=1S/C34H44O6Si.C25H37O6PSi/c1-10-11-24-20(2)16-25-26(18-35)30-27(39-19-22-12-14-23(38-7)15-13-22)17-28(40-41(8,9)34(4,5)6)32(36)31(30)33(37)29(25)21(24)3;1-15-9-19-17(13-26)10-18(30-32-6)11-23(31-33(7,8)25(3,4)5)21(28)12-22(29)24(19)16(2)20(15)14-27/h10-16,27-28,35,37H,17-19H2,1-9H3;9-10,12,14,18,23,26,29,32H,11,13H2,1-8H3/b11-10+;17-10+,22-12-/t27-,28-;18-,23+,32?/m01/s1/i;32D. The third kappa shape index (κ3) is 12.8. The van der Waals surface area contributed by atoms with Crippen molar-refractivity contribution < 1.29 is 57.7 Å². The Labute approximate surface area is 444 Å². The number of rotatable bonds is 14. The van der Waals surface area contributed by atoms with Crippen LogP contribution in [0.25, 0.3) is 28.2 Å². The number of ketones is 2. The summed E-state index contributed by atoms with van der Waals surface area (Å²) in [6, 6.07) is 11.4. The van der Waals surface area contributed by atoms with Crippen molar-refractivity contribution in [3.05, 3.63) is 121 Å². The van der Waals surface area contributed by atoms with Crippen molar-refractivity contribution in [1.29, 1.82) is 1.28 Å². The maximum Gasteiger partial charge on any atom is 0.194 e. The lowest BCUT2D eigenvalue weighted by molar-refractivity contribution is -0.122. The predicted molar refractivity (Wildman–Crippen MR) is 305 cm³/mol. The van der Waals surface area contributed by atoms with Gasteiger partial charge >= 0.3 is 0 Å². The quantitative estimate of drug-likeness (QED) is 0.0534. The van der Waals surface area contributed by atoms with E-state index in [-0.39, 0.29) is 59.2 Å². The van der Waals surface area contributed by atoms with Crippen LogP contribution in [0.2, 0.25) is 36.3 Å². The van der Waals surface area contributed by atoms with Crippen LogP contribution in [0.15, 0.2) is 54.6 Å². The number of phenols is 1. The molecule has 4 N–H and O–H groups in total. The molecule has 5 atom stereocenters. The highest BCUT2D eigenvalue weighted by Crippen LogP contribution is 2.49. The lowest BCUT2D eigenvalue weighted by Gasteiger charge is -2.41. The molecule has 2 aliphatic carbocycles. The first kappa shape index (κ1) is 58.7. The van der Waals surface area contributed by atoms with Gasteiger partial charge in [-0.25, -0.2) is 0 Å². The highest BCUT2D eigenvalue weighted by Gasteiger charge is 2.46. The van der Waals surface area contributed by atoms with E-state index in [0.29, 0.717) is 56.3 Å². The number of carbonyl (C=O) groups is 3. The van der Waals surface area contributed by atoms with E-state index in [4.69, 9.17) is 24.1 Å². The number of phenolic OH excluding ortho intramolecular Hbond substituents is 1. The summed E-state index contributed by atoms with van der Waals surface area (Å²) >= 11 is 0. The molecule has 402 valence electrons. The first-order valence-electron chi connectivity index (χ1n) is 25.8. The normalized spacial score (nSPS) is 20.9. The Morgan fingerprint density at radius 3 is 1.93 bits per heavy atom. The van der Waals surface area contributed by atoms with Gasteiger partial charge in [0.1, 0.15) is 29.5 Å². The van der Waals surface area contributed by atoms with Gasteiger partial charge in [0.05, 0.1) is 46.0 Å². The maximum absolute atomic E-state index is 14.2. The number of hydrogen-bond donors (Lipinski definition) is 4. The number of carbonyl (C=O) groups excluding carboxylic acids is 3. The second kappa shape index (κ2) is 24.2. The second-order valence-corrected chi connectivity index (χ2v) is 32.6. The summed E-state index contributed by atoms with van der Waals surface area (Å²) < 4.78 is 38.8. The number of fused-ring (bicyclic) bond motifs is 3. The number of ether oxygens (including phenoxy) is 2. The third-order valence-electron chi connectivity index (χ3n) is 15.5. The molecule has 0 aliphatic heterocycles. The highest BCUT2D eigenvalue weighted by molar-refractivity contribution is 7.31. The summed E-state index contributed by atoms with van der Waals surface area (Å²) in [4.78, 5) is 39.3. The molecule has 4 aromatic carbocycles. The zero-order valence-electron chi connectivity index (χ0n) is 47.7. The summed E-state index contributed by atoms with van der Waals surface area (Å²) in [7, 11) is -4.60. The zero-order valence-corrected chi connectivity index (χ0v) is 49.6. The van der Waals surface area contributed by atoms with Crippen LogP contribution in [0.1, 0.15) is 144 Å². The lowest BCUT2D eigenvalue weighted by atomic mass is 9.79. The highest BCUT2D eigenvalue weighted by atomic mass is 31.1. The average molecular weight is 1070 g/mol. The van der Waals surface area contributed by atoms with E-state index in [1.807, 2.05) is 76.3 Å². The molecule has 0 aromatic heterocycles. The Kier molecular flexibility index (Phi) is 19.1. The molecular weight excluding hydrogens is 988 g/mol. The van der Waals surface area contributed by atoms with Crippen molar-refractivity contribution in [2.75, 3.05) is 20.4 Å². The maximum atomic E-state index is 14.2. The van der Waals surface area contributed by atoms with E-state index < -0.39 is 55.6 Å². The summed E-state index contributed by atoms with van der Waals surface area (Å²) in [5.41, 5.74) is 8.16. The number of allylic oxidation sites excluding steroid dienone is 1. The number of aromatic hydroxyl groups is 1. The van der Waals surface area contributed by atoms with Gasteiger partial charge in [-0.15, -0.1) is 0 Å². The molecule has 0 bridgehead atoms. The van der Waals surface area contributed by atoms with Gasteiger partial charge in [-0.3, -0.25) is 14.4 Å². The first-order valence-corrected chi connectivity index (χ1v) is 32.4. The summed E-state index contributed by atoms with van der Waals surface area (Å²) in [5.74, 6) is -0.243. The van der Waals surface area contributed by atoms with Crippen LogP contribution in [-0.4, -0.2) is 94.9 Å². The van der Waals surface area contributed by atoms with Crippen LogP contribution < -0.4 is 4.74 Å². The predicted octanol–water partition coefficient (Wildman–Crippen LogP) is 13.3. The summed E-state index contributed by atoms with van der Waals surface area (Å²) in [6.45, 7) is 31.7. The molecule has 6 rings (SSSR count). The van der Waals surface area contributed by atoms with Crippen molar-refractivity contribution in [3.8, 4) is 11.5 Å². The minimum absolute atomic E-state index is 0.0676. The van der Waals surface area contributed by atoms with E-state index >= 15 is 0 Å². The number of aliphatic hydroxyl groups excluding tert-OH is 3. The number of aliphatic hydroxyl groups is 3. The number of methoxy groups -OCH3 is 1. The van der Waals surface area contributed by atoms with Crippen molar-refractivity contribution >= 4 is 71.4 Å². The summed E-state index contributed by atoms with van der Waals surface area (Å²) in [5, 5.41) is 45.0. The SMILES string of the molecule is C/C=C/c1c(C)cc2c(CO)c3c(c(O)c2c1C)C(=O)[C@@H](O[Si](C)(C)C(C)(C)C)C[C@@H]3OCc1ccc(OC)cc1.[2H]P(C)O[C@@H]1/C=C(\CO)c2cc(C)c(C=O)c(C)c2/C(O)=C/C(=O)[C@@H](O[Si](C)(C)C(C)(C)C)C1. The van der Waals surface area contributed by atoms with Crippen LogP contribution in [0.3, 0.4) is 0 Å².